The fourth-order valence-corrected chi connectivity index (χ4v) is 3.86. The summed E-state index contributed by atoms with van der Waals surface area (Å²) >= 11 is 6.58. The smallest absolute Gasteiger partial charge is 0.272 e. The summed E-state index contributed by atoms with van der Waals surface area (Å²) in [7, 11) is 0. The Morgan fingerprint density at radius 1 is 1.22 bits per heavy atom. The van der Waals surface area contributed by atoms with Gasteiger partial charge in [-0.15, -0.1) is 0 Å². The van der Waals surface area contributed by atoms with E-state index in [0.717, 1.165) is 16.5 Å². The average molecular weight is 476 g/mol. The van der Waals surface area contributed by atoms with E-state index < -0.39 is 29.6 Å². The molecule has 3 rings (SSSR count). The number of carbonyl (C=O) groups is 3. The molecule has 1 heterocycles. The largest absolute Gasteiger partial charge is 0.395 e. The zero-order valence-electron chi connectivity index (χ0n) is 16.8. The highest BCUT2D eigenvalue weighted by Crippen LogP contribution is 2.29. The maximum atomic E-state index is 13.7. The molecule has 8 nitrogen and oxygen atoms in total. The summed E-state index contributed by atoms with van der Waals surface area (Å²) in [5.41, 5.74) is 11.7. The van der Waals surface area contributed by atoms with E-state index in [-0.39, 0.29) is 33.5 Å². The number of anilines is 2. The van der Waals surface area contributed by atoms with Gasteiger partial charge in [-0.05, 0) is 42.2 Å². The fraction of sp³-hybridized carbons (Fsp3) is 0.143. The summed E-state index contributed by atoms with van der Waals surface area (Å²) in [5, 5.41) is 2.53. The molecule has 0 aliphatic carbocycles. The van der Waals surface area contributed by atoms with Crippen molar-refractivity contribution < 1.29 is 18.8 Å². The molecular formula is C21H19ClFN5O3S. The number of amides is 3. The van der Waals surface area contributed by atoms with Crippen LogP contribution in [0.25, 0.3) is 0 Å². The molecule has 0 spiro atoms. The Kier molecular flexibility index (Phi) is 7.06. The van der Waals surface area contributed by atoms with E-state index in [1.807, 2.05) is 30.3 Å². The third kappa shape index (κ3) is 4.87. The zero-order chi connectivity index (χ0) is 23.4. The summed E-state index contributed by atoms with van der Waals surface area (Å²) in [4.78, 5) is 38.8. The van der Waals surface area contributed by atoms with Crippen LogP contribution in [0.3, 0.4) is 0 Å². The topological polar surface area (TPSA) is 131 Å². The molecule has 0 fully saturated rings. The molecule has 0 saturated heterocycles. The predicted octanol–water partition coefficient (Wildman–Crippen LogP) is 2.97. The van der Waals surface area contributed by atoms with Crippen molar-refractivity contribution in [3.8, 4) is 0 Å². The van der Waals surface area contributed by atoms with Crippen molar-refractivity contribution >= 4 is 52.2 Å². The van der Waals surface area contributed by atoms with Crippen LogP contribution >= 0.6 is 23.1 Å². The van der Waals surface area contributed by atoms with Crippen LogP contribution in [0.4, 0.5) is 15.8 Å². The van der Waals surface area contributed by atoms with Gasteiger partial charge in [0, 0.05) is 12.2 Å². The van der Waals surface area contributed by atoms with Gasteiger partial charge in [0.1, 0.15) is 16.7 Å². The Bertz CT molecular complexity index is 1170. The maximum Gasteiger partial charge on any atom is 0.272 e. The lowest BCUT2D eigenvalue weighted by Crippen LogP contribution is -2.48. The molecule has 32 heavy (non-hydrogen) atoms. The average Bonchev–Trinajstić information content (AvgIpc) is 3.16. The van der Waals surface area contributed by atoms with Gasteiger partial charge in [0.05, 0.1) is 10.7 Å². The monoisotopic (exact) mass is 475 g/mol. The van der Waals surface area contributed by atoms with Gasteiger partial charge < -0.3 is 16.8 Å². The number of halogens is 2. The molecule has 166 valence electrons. The molecule has 0 saturated carbocycles. The van der Waals surface area contributed by atoms with Gasteiger partial charge in [0.2, 0.25) is 5.91 Å². The van der Waals surface area contributed by atoms with Gasteiger partial charge in [-0.2, -0.15) is 4.37 Å². The molecule has 3 aromatic rings. The van der Waals surface area contributed by atoms with Gasteiger partial charge in [0.25, 0.3) is 11.8 Å². The van der Waals surface area contributed by atoms with Crippen LogP contribution in [-0.4, -0.2) is 28.1 Å². The van der Waals surface area contributed by atoms with Gasteiger partial charge in [-0.1, -0.05) is 41.9 Å². The highest BCUT2D eigenvalue weighted by molar-refractivity contribution is 7.09. The third-order valence-electron chi connectivity index (χ3n) is 4.63. The number of nitrogen functional groups attached to an aromatic ring is 1. The molecule has 1 atom stereocenters. The van der Waals surface area contributed by atoms with Crippen molar-refractivity contribution in [2.24, 2.45) is 5.73 Å². The van der Waals surface area contributed by atoms with E-state index in [0.29, 0.717) is 11.5 Å². The molecule has 3 amide bonds. The molecule has 0 bridgehead atoms. The van der Waals surface area contributed by atoms with Gasteiger partial charge in [0.15, 0.2) is 5.69 Å². The summed E-state index contributed by atoms with van der Waals surface area (Å²) in [6.07, 6.45) is 0. The Balaban J connectivity index is 1.94. The minimum Gasteiger partial charge on any atom is -0.395 e. The predicted molar refractivity (Wildman–Crippen MR) is 121 cm³/mol. The zero-order valence-corrected chi connectivity index (χ0v) is 18.4. The van der Waals surface area contributed by atoms with Crippen LogP contribution < -0.4 is 21.7 Å². The molecule has 0 radical (unpaired) electrons. The first-order chi connectivity index (χ1) is 15.2. The van der Waals surface area contributed by atoms with Crippen LogP contribution in [0.2, 0.25) is 5.02 Å². The Hall–Kier alpha value is -3.50. The van der Waals surface area contributed by atoms with Crippen LogP contribution in [-0.2, 0) is 11.3 Å². The van der Waals surface area contributed by atoms with Crippen molar-refractivity contribution in [1.82, 2.24) is 9.69 Å². The second-order valence-electron chi connectivity index (χ2n) is 6.79. The number of hydrogen-bond donors (Lipinski definition) is 3. The van der Waals surface area contributed by atoms with Crippen molar-refractivity contribution in [3.05, 3.63) is 75.5 Å². The molecule has 5 N–H and O–H groups in total. The molecule has 0 aliphatic heterocycles. The number of rotatable bonds is 7. The summed E-state index contributed by atoms with van der Waals surface area (Å²) < 4.78 is 17.5. The lowest BCUT2D eigenvalue weighted by Gasteiger charge is -2.28. The number of primary amides is 1. The normalized spacial score (nSPS) is 11.6. The van der Waals surface area contributed by atoms with E-state index in [9.17, 15) is 18.8 Å². The summed E-state index contributed by atoms with van der Waals surface area (Å²) in [6.45, 7) is 1.74. The summed E-state index contributed by atoms with van der Waals surface area (Å²) in [5.74, 6) is -2.75. The molecule has 0 aliphatic rings. The molecule has 0 unspecified atom stereocenters. The van der Waals surface area contributed by atoms with Gasteiger partial charge in [-0.3, -0.25) is 19.3 Å². The van der Waals surface area contributed by atoms with E-state index in [1.54, 1.807) is 0 Å². The molecule has 11 heteroatoms. The van der Waals surface area contributed by atoms with E-state index >= 15 is 0 Å². The van der Waals surface area contributed by atoms with Crippen LogP contribution in [0.1, 0.15) is 32.6 Å². The van der Waals surface area contributed by atoms with E-state index in [1.165, 1.54) is 19.1 Å². The van der Waals surface area contributed by atoms with Gasteiger partial charge >= 0.3 is 0 Å². The first kappa shape index (κ1) is 23.2. The lowest BCUT2D eigenvalue weighted by atomic mass is 10.1. The number of carbonyl (C=O) groups excluding carboxylic acids is 3. The first-order valence-electron chi connectivity index (χ1n) is 9.36. The standard InChI is InChI=1S/C21H19ClFN5O3S/c1-11(20(30)26-10-12-5-3-2-4-6-12)28(13-7-8-15(23)14(22)9-13)21(31)18-16(24)17(19(25)29)27-32-18/h2-9,11H,10,24H2,1H3,(H2,25,29)(H,26,30)/t11-/m0/s1. The highest BCUT2D eigenvalue weighted by Gasteiger charge is 2.32. The van der Waals surface area contributed by atoms with Crippen molar-refractivity contribution in [1.29, 1.82) is 0 Å². The van der Waals surface area contributed by atoms with E-state index in [2.05, 4.69) is 9.69 Å². The number of hydrogen-bond acceptors (Lipinski definition) is 6. The van der Waals surface area contributed by atoms with E-state index in [4.69, 9.17) is 23.1 Å². The highest BCUT2D eigenvalue weighted by atomic mass is 35.5. The Morgan fingerprint density at radius 2 is 1.91 bits per heavy atom. The SMILES string of the molecule is C[C@@H](C(=O)NCc1ccccc1)N(C(=O)c1snc(C(N)=O)c1N)c1ccc(F)c(Cl)c1. The second kappa shape index (κ2) is 9.75. The minimum atomic E-state index is -1.04. The quantitative estimate of drug-likeness (QED) is 0.483. The number of benzene rings is 2. The maximum absolute atomic E-state index is 13.7. The van der Waals surface area contributed by atoms with Crippen molar-refractivity contribution in [2.75, 3.05) is 10.6 Å². The van der Waals surface area contributed by atoms with Crippen molar-refractivity contribution in [3.63, 3.8) is 0 Å². The Labute approximate surface area is 192 Å². The van der Waals surface area contributed by atoms with Crippen LogP contribution in [0.15, 0.2) is 48.5 Å². The molecular weight excluding hydrogens is 457 g/mol. The number of nitrogens with zero attached hydrogens (tertiary/aromatic N) is 2. The number of nitrogens with one attached hydrogen (secondary N) is 1. The minimum absolute atomic E-state index is 0.0815. The summed E-state index contributed by atoms with van der Waals surface area (Å²) in [6, 6.07) is 11.8. The Morgan fingerprint density at radius 3 is 2.50 bits per heavy atom. The third-order valence-corrected chi connectivity index (χ3v) is 5.77. The van der Waals surface area contributed by atoms with Crippen LogP contribution in [0.5, 0.6) is 0 Å². The molecule has 1 aromatic heterocycles. The van der Waals surface area contributed by atoms with Gasteiger partial charge in [-0.25, -0.2) is 4.39 Å². The second-order valence-corrected chi connectivity index (χ2v) is 7.97. The number of aromatic nitrogens is 1. The molecule has 2 aromatic carbocycles. The number of nitrogens with two attached hydrogens (primary N) is 2. The first-order valence-corrected chi connectivity index (χ1v) is 10.5. The van der Waals surface area contributed by atoms with Crippen molar-refractivity contribution in [2.45, 2.75) is 19.5 Å². The van der Waals surface area contributed by atoms with Crippen LogP contribution in [0, 0.1) is 5.82 Å². The fourth-order valence-electron chi connectivity index (χ4n) is 2.94. The lowest BCUT2D eigenvalue weighted by molar-refractivity contribution is -0.122.